The topological polar surface area (TPSA) is 73.0 Å². The lowest BCUT2D eigenvalue weighted by atomic mass is 9.92. The number of nitrogens with one attached hydrogen (secondary N) is 1. The number of hydrogen-bond acceptors (Lipinski definition) is 5. The maximum atomic E-state index is 13.0. The van der Waals surface area contributed by atoms with E-state index in [4.69, 9.17) is 4.42 Å². The van der Waals surface area contributed by atoms with Crippen LogP contribution >= 0.6 is 11.8 Å². The third-order valence-corrected chi connectivity index (χ3v) is 6.58. The van der Waals surface area contributed by atoms with Crippen LogP contribution < -0.4 is 5.32 Å². The maximum absolute atomic E-state index is 13.0. The molecule has 34 heavy (non-hydrogen) atoms. The Bertz CT molecular complexity index is 1200. The van der Waals surface area contributed by atoms with Crippen LogP contribution in [0, 0.1) is 0 Å². The molecule has 2 aromatic heterocycles. The molecule has 1 amide bonds. The minimum absolute atomic E-state index is 0.0613. The fourth-order valence-corrected chi connectivity index (χ4v) is 4.63. The Kier molecular flexibility index (Phi) is 7.53. The third kappa shape index (κ3) is 5.42. The van der Waals surface area contributed by atoms with Gasteiger partial charge in [0.1, 0.15) is 0 Å². The zero-order valence-electron chi connectivity index (χ0n) is 20.0. The molecular formula is C27H30N4O2S. The summed E-state index contributed by atoms with van der Waals surface area (Å²) in [5, 5.41) is 12.6. The highest BCUT2D eigenvalue weighted by Gasteiger charge is 2.20. The fourth-order valence-electron chi connectivity index (χ4n) is 3.89. The standard InChI is InChI=1S/C27H30N4O2S/c1-18(2)21-12-8-13-22(19(3)4)25(21)28-24(32)17-34-27-30-29-26(23-14-9-15-33-23)31(27)16-20-10-6-5-7-11-20/h5-15,18-19H,16-17H2,1-4H3,(H,28,32). The van der Waals surface area contributed by atoms with Crippen molar-refractivity contribution in [2.45, 2.75) is 51.2 Å². The van der Waals surface area contributed by atoms with E-state index in [0.29, 0.717) is 35.1 Å². The number of para-hydroxylation sites is 1. The first-order valence-electron chi connectivity index (χ1n) is 11.5. The average molecular weight is 475 g/mol. The van der Waals surface area contributed by atoms with E-state index in [2.05, 4.69) is 73.5 Å². The van der Waals surface area contributed by atoms with Gasteiger partial charge >= 0.3 is 0 Å². The number of rotatable bonds is 9. The number of hydrogen-bond donors (Lipinski definition) is 1. The van der Waals surface area contributed by atoms with E-state index in [1.54, 1.807) is 6.26 Å². The van der Waals surface area contributed by atoms with Gasteiger partial charge in [0.15, 0.2) is 10.9 Å². The predicted molar refractivity (Wildman–Crippen MR) is 137 cm³/mol. The summed E-state index contributed by atoms with van der Waals surface area (Å²) in [6, 6.07) is 20.1. The van der Waals surface area contributed by atoms with E-state index in [1.807, 2.05) is 34.9 Å². The van der Waals surface area contributed by atoms with Crippen LogP contribution in [-0.4, -0.2) is 26.4 Å². The number of thioether (sulfide) groups is 1. The number of carbonyl (C=O) groups excluding carboxylic acids is 1. The van der Waals surface area contributed by atoms with Gasteiger partial charge in [0.25, 0.3) is 0 Å². The molecule has 4 rings (SSSR count). The number of aromatic nitrogens is 3. The third-order valence-electron chi connectivity index (χ3n) is 5.61. The molecule has 0 aliphatic carbocycles. The summed E-state index contributed by atoms with van der Waals surface area (Å²) < 4.78 is 7.57. The van der Waals surface area contributed by atoms with Crippen molar-refractivity contribution < 1.29 is 9.21 Å². The van der Waals surface area contributed by atoms with Crippen LogP contribution in [0.2, 0.25) is 0 Å². The number of furan rings is 1. The van der Waals surface area contributed by atoms with Crippen LogP contribution in [0.5, 0.6) is 0 Å². The maximum Gasteiger partial charge on any atom is 0.234 e. The second-order valence-electron chi connectivity index (χ2n) is 8.81. The molecule has 0 aliphatic heterocycles. The summed E-state index contributed by atoms with van der Waals surface area (Å²) >= 11 is 1.38. The number of carbonyl (C=O) groups is 1. The Balaban J connectivity index is 1.55. The number of anilines is 1. The second-order valence-corrected chi connectivity index (χ2v) is 9.76. The van der Waals surface area contributed by atoms with E-state index in [1.165, 1.54) is 11.8 Å². The molecule has 0 spiro atoms. The Labute approximate surface area is 204 Å². The molecular weight excluding hydrogens is 444 g/mol. The largest absolute Gasteiger partial charge is 0.461 e. The average Bonchev–Trinajstić information content (AvgIpc) is 3.48. The van der Waals surface area contributed by atoms with Crippen LogP contribution in [0.15, 0.2) is 76.5 Å². The molecule has 0 unspecified atom stereocenters. The molecule has 1 N–H and O–H groups in total. The first-order valence-corrected chi connectivity index (χ1v) is 12.5. The van der Waals surface area contributed by atoms with Gasteiger partial charge < -0.3 is 9.73 Å². The summed E-state index contributed by atoms with van der Waals surface area (Å²) in [6.45, 7) is 9.16. The lowest BCUT2D eigenvalue weighted by molar-refractivity contribution is -0.113. The van der Waals surface area contributed by atoms with Crippen molar-refractivity contribution in [1.82, 2.24) is 14.8 Å². The minimum atomic E-state index is -0.0613. The summed E-state index contributed by atoms with van der Waals surface area (Å²) in [5.41, 5.74) is 4.35. The summed E-state index contributed by atoms with van der Waals surface area (Å²) in [7, 11) is 0. The molecule has 4 aromatic rings. The highest BCUT2D eigenvalue weighted by Crippen LogP contribution is 2.33. The highest BCUT2D eigenvalue weighted by molar-refractivity contribution is 7.99. The van der Waals surface area contributed by atoms with Crippen molar-refractivity contribution in [3.8, 4) is 11.6 Å². The molecule has 0 radical (unpaired) electrons. The van der Waals surface area contributed by atoms with Crippen LogP contribution in [0.3, 0.4) is 0 Å². The molecule has 176 valence electrons. The van der Waals surface area contributed by atoms with Gasteiger partial charge in [0, 0.05) is 5.69 Å². The first-order chi connectivity index (χ1) is 16.4. The van der Waals surface area contributed by atoms with E-state index in [0.717, 1.165) is 22.4 Å². The number of nitrogens with zero attached hydrogens (tertiary/aromatic N) is 3. The Hall–Kier alpha value is -3.32. The van der Waals surface area contributed by atoms with E-state index < -0.39 is 0 Å². The SMILES string of the molecule is CC(C)c1cccc(C(C)C)c1NC(=O)CSc1nnc(-c2ccco2)n1Cc1ccccc1. The van der Waals surface area contributed by atoms with E-state index >= 15 is 0 Å². The van der Waals surface area contributed by atoms with Gasteiger partial charge in [-0.25, -0.2) is 0 Å². The van der Waals surface area contributed by atoms with Gasteiger partial charge in [-0.2, -0.15) is 0 Å². The molecule has 0 bridgehead atoms. The van der Waals surface area contributed by atoms with E-state index in [9.17, 15) is 4.79 Å². The van der Waals surface area contributed by atoms with Crippen molar-refractivity contribution in [2.75, 3.05) is 11.1 Å². The van der Waals surface area contributed by atoms with Gasteiger partial charge in [-0.3, -0.25) is 9.36 Å². The van der Waals surface area contributed by atoms with Gasteiger partial charge in [-0.1, -0.05) is 88.0 Å². The summed E-state index contributed by atoms with van der Waals surface area (Å²) in [6.07, 6.45) is 1.62. The van der Waals surface area contributed by atoms with Gasteiger partial charge in [0.05, 0.1) is 18.6 Å². The second kappa shape index (κ2) is 10.7. The summed E-state index contributed by atoms with van der Waals surface area (Å²) in [5.74, 6) is 2.08. The van der Waals surface area contributed by atoms with Crippen LogP contribution in [-0.2, 0) is 11.3 Å². The molecule has 0 aliphatic rings. The molecule has 0 saturated carbocycles. The van der Waals surface area contributed by atoms with Crippen LogP contribution in [0.1, 0.15) is 56.2 Å². The van der Waals surface area contributed by atoms with Crippen molar-refractivity contribution >= 4 is 23.4 Å². The lowest BCUT2D eigenvalue weighted by Gasteiger charge is -2.20. The molecule has 2 aromatic carbocycles. The Morgan fingerprint density at radius 3 is 2.26 bits per heavy atom. The first kappa shape index (κ1) is 23.8. The van der Waals surface area contributed by atoms with Crippen LogP contribution in [0.4, 0.5) is 5.69 Å². The zero-order valence-corrected chi connectivity index (χ0v) is 20.8. The molecule has 7 heteroatoms. The van der Waals surface area contributed by atoms with Gasteiger partial charge in [-0.15, -0.1) is 10.2 Å². The highest BCUT2D eigenvalue weighted by atomic mass is 32.2. The molecule has 0 saturated heterocycles. The van der Waals surface area contributed by atoms with E-state index in [-0.39, 0.29) is 11.7 Å². The lowest BCUT2D eigenvalue weighted by Crippen LogP contribution is -2.18. The molecule has 2 heterocycles. The number of benzene rings is 2. The Morgan fingerprint density at radius 2 is 1.65 bits per heavy atom. The minimum Gasteiger partial charge on any atom is -0.461 e. The molecule has 0 fully saturated rings. The van der Waals surface area contributed by atoms with Crippen LogP contribution in [0.25, 0.3) is 11.6 Å². The smallest absolute Gasteiger partial charge is 0.234 e. The van der Waals surface area contributed by atoms with Gasteiger partial charge in [0.2, 0.25) is 11.7 Å². The number of amides is 1. The molecule has 6 nitrogen and oxygen atoms in total. The summed E-state index contributed by atoms with van der Waals surface area (Å²) in [4.78, 5) is 13.0. The zero-order chi connectivity index (χ0) is 24.1. The quantitative estimate of drug-likeness (QED) is 0.278. The van der Waals surface area contributed by atoms with Crippen molar-refractivity contribution in [1.29, 1.82) is 0 Å². The monoisotopic (exact) mass is 474 g/mol. The predicted octanol–water partition coefficient (Wildman–Crippen LogP) is 6.56. The normalized spacial score (nSPS) is 11.4. The van der Waals surface area contributed by atoms with Crippen molar-refractivity contribution in [2.24, 2.45) is 0 Å². The Morgan fingerprint density at radius 1 is 0.941 bits per heavy atom. The molecule has 0 atom stereocenters. The van der Waals surface area contributed by atoms with Gasteiger partial charge in [-0.05, 0) is 40.7 Å². The van der Waals surface area contributed by atoms with Crippen molar-refractivity contribution in [3.63, 3.8) is 0 Å². The fraction of sp³-hybridized carbons (Fsp3) is 0.296. The van der Waals surface area contributed by atoms with Crippen molar-refractivity contribution in [3.05, 3.63) is 83.6 Å².